The molecule has 0 amide bonds. The van der Waals surface area contributed by atoms with Crippen molar-refractivity contribution in [3.63, 3.8) is 0 Å². The Bertz CT molecular complexity index is 251. The van der Waals surface area contributed by atoms with Crippen LogP contribution in [0.4, 0.5) is 0 Å². The van der Waals surface area contributed by atoms with Gasteiger partial charge in [-0.25, -0.2) is 9.59 Å². The molecule has 0 saturated carbocycles. The van der Waals surface area contributed by atoms with Gasteiger partial charge in [0.05, 0.1) is 0 Å². The third-order valence-electron chi connectivity index (χ3n) is 2.46. The summed E-state index contributed by atoms with van der Waals surface area (Å²) in [5.74, 6) is -2.57. The summed E-state index contributed by atoms with van der Waals surface area (Å²) in [6, 6.07) is 0. The molecule has 8 nitrogen and oxygen atoms in total. The summed E-state index contributed by atoms with van der Waals surface area (Å²) in [7, 11) is 4.83. The van der Waals surface area contributed by atoms with Crippen LogP contribution >= 0.6 is 0 Å². The zero-order chi connectivity index (χ0) is 14.3. The molecular weight excluding hydrogens is 248 g/mol. The van der Waals surface area contributed by atoms with Crippen molar-refractivity contribution in [2.45, 2.75) is 24.4 Å². The van der Waals surface area contributed by atoms with Gasteiger partial charge in [-0.05, 0) is 0 Å². The van der Waals surface area contributed by atoms with Crippen LogP contribution in [-0.4, -0.2) is 75.0 Å². The lowest BCUT2D eigenvalue weighted by Gasteiger charge is -2.31. The maximum atomic E-state index is 11.0. The highest BCUT2D eigenvalue weighted by Gasteiger charge is 2.42. The Labute approximate surface area is 104 Å². The third-order valence-corrected chi connectivity index (χ3v) is 2.46. The summed E-state index contributed by atoms with van der Waals surface area (Å²) in [5, 5.41) is 17.9. The third kappa shape index (κ3) is 3.91. The van der Waals surface area contributed by atoms with Gasteiger partial charge in [-0.15, -0.1) is 0 Å². The quantitative estimate of drug-likeness (QED) is 0.558. The van der Waals surface area contributed by atoms with Crippen LogP contribution in [0.25, 0.3) is 0 Å². The first-order valence-electron chi connectivity index (χ1n) is 5.01. The SMILES string of the molecule is CO[C@@H]([C@H](OC)[C@@H](OC)C(=O)O)[C@H](OC)C(=O)O. The van der Waals surface area contributed by atoms with E-state index in [4.69, 9.17) is 29.2 Å². The van der Waals surface area contributed by atoms with E-state index in [2.05, 4.69) is 0 Å². The molecule has 2 N–H and O–H groups in total. The second-order valence-corrected chi connectivity index (χ2v) is 3.39. The van der Waals surface area contributed by atoms with Gasteiger partial charge in [-0.1, -0.05) is 0 Å². The number of carbonyl (C=O) groups is 2. The zero-order valence-corrected chi connectivity index (χ0v) is 10.7. The smallest absolute Gasteiger partial charge is 0.335 e. The van der Waals surface area contributed by atoms with E-state index in [1.54, 1.807) is 0 Å². The van der Waals surface area contributed by atoms with Crippen molar-refractivity contribution < 1.29 is 38.7 Å². The maximum Gasteiger partial charge on any atom is 0.335 e. The highest BCUT2D eigenvalue weighted by atomic mass is 16.6. The van der Waals surface area contributed by atoms with Gasteiger partial charge in [0.2, 0.25) is 0 Å². The number of carboxylic acid groups (broad SMARTS) is 2. The molecule has 0 fully saturated rings. The highest BCUT2D eigenvalue weighted by Crippen LogP contribution is 2.16. The number of hydrogen-bond donors (Lipinski definition) is 2. The minimum atomic E-state index is -1.36. The van der Waals surface area contributed by atoms with Crippen molar-refractivity contribution >= 4 is 11.9 Å². The van der Waals surface area contributed by atoms with E-state index in [9.17, 15) is 9.59 Å². The van der Waals surface area contributed by atoms with Crippen molar-refractivity contribution in [2.75, 3.05) is 28.4 Å². The fourth-order valence-corrected chi connectivity index (χ4v) is 1.61. The van der Waals surface area contributed by atoms with Gasteiger partial charge in [0, 0.05) is 28.4 Å². The van der Waals surface area contributed by atoms with E-state index < -0.39 is 36.4 Å². The van der Waals surface area contributed by atoms with Gasteiger partial charge in [-0.2, -0.15) is 0 Å². The predicted molar refractivity (Wildman–Crippen MR) is 58.5 cm³/mol. The van der Waals surface area contributed by atoms with E-state index >= 15 is 0 Å². The minimum absolute atomic E-state index is 1.13. The number of aliphatic carboxylic acids is 2. The first kappa shape index (κ1) is 16.8. The van der Waals surface area contributed by atoms with Crippen LogP contribution in [0.15, 0.2) is 0 Å². The molecule has 0 aliphatic heterocycles. The molecule has 8 heteroatoms. The van der Waals surface area contributed by atoms with E-state index in [-0.39, 0.29) is 0 Å². The highest BCUT2D eigenvalue weighted by molar-refractivity contribution is 5.75. The van der Waals surface area contributed by atoms with Gasteiger partial charge in [0.1, 0.15) is 12.2 Å². The van der Waals surface area contributed by atoms with E-state index in [0.717, 1.165) is 0 Å². The Morgan fingerprint density at radius 3 is 1.11 bits per heavy atom. The van der Waals surface area contributed by atoms with Gasteiger partial charge in [-0.3, -0.25) is 0 Å². The molecule has 0 aliphatic rings. The maximum absolute atomic E-state index is 11.0. The lowest BCUT2D eigenvalue weighted by molar-refractivity contribution is -0.186. The number of methoxy groups -OCH3 is 4. The molecule has 0 saturated heterocycles. The van der Waals surface area contributed by atoms with Gasteiger partial charge in [0.15, 0.2) is 12.2 Å². The Hall–Kier alpha value is -1.22. The average Bonchev–Trinajstić information content (AvgIpc) is 2.32. The molecule has 4 atom stereocenters. The molecule has 106 valence electrons. The predicted octanol–water partition coefficient (Wildman–Crippen LogP) is -0.784. The minimum Gasteiger partial charge on any atom is -0.479 e. The van der Waals surface area contributed by atoms with E-state index in [1.165, 1.54) is 28.4 Å². The first-order chi connectivity index (χ1) is 8.44. The van der Waals surface area contributed by atoms with Crippen molar-refractivity contribution in [1.82, 2.24) is 0 Å². The van der Waals surface area contributed by atoms with Gasteiger partial charge >= 0.3 is 11.9 Å². The lowest BCUT2D eigenvalue weighted by Crippen LogP contribution is -2.53. The van der Waals surface area contributed by atoms with Crippen LogP contribution in [0.3, 0.4) is 0 Å². The summed E-state index contributed by atoms with van der Waals surface area (Å²) < 4.78 is 19.5. The molecule has 0 aliphatic carbocycles. The van der Waals surface area contributed by atoms with Crippen LogP contribution in [0.5, 0.6) is 0 Å². The second kappa shape index (κ2) is 7.98. The molecule has 0 unspecified atom stereocenters. The van der Waals surface area contributed by atoms with E-state index in [1.807, 2.05) is 0 Å². The van der Waals surface area contributed by atoms with Crippen molar-refractivity contribution in [2.24, 2.45) is 0 Å². The monoisotopic (exact) mass is 266 g/mol. The van der Waals surface area contributed by atoms with Crippen LogP contribution < -0.4 is 0 Å². The number of carboxylic acids is 2. The summed E-state index contributed by atoms with van der Waals surface area (Å²) in [6.07, 6.45) is -4.98. The Morgan fingerprint density at radius 1 is 0.722 bits per heavy atom. The topological polar surface area (TPSA) is 112 Å². The molecule has 0 aromatic heterocycles. The normalized spacial score (nSPS) is 17.8. The van der Waals surface area contributed by atoms with Crippen molar-refractivity contribution in [3.05, 3.63) is 0 Å². The fraction of sp³-hybridized carbons (Fsp3) is 0.800. The average molecular weight is 266 g/mol. The Morgan fingerprint density at radius 2 is 1.00 bits per heavy atom. The molecular formula is C10H18O8. The zero-order valence-electron chi connectivity index (χ0n) is 10.7. The number of hydrogen-bond acceptors (Lipinski definition) is 6. The summed E-state index contributed by atoms with van der Waals surface area (Å²) in [6.45, 7) is 0. The Kier molecular flexibility index (Phi) is 7.44. The second-order valence-electron chi connectivity index (χ2n) is 3.39. The summed E-state index contributed by atoms with van der Waals surface area (Å²) in [4.78, 5) is 22.0. The summed E-state index contributed by atoms with van der Waals surface area (Å²) in [5.41, 5.74) is 0. The van der Waals surface area contributed by atoms with Crippen LogP contribution in [0.1, 0.15) is 0 Å². The molecule has 0 aromatic rings. The van der Waals surface area contributed by atoms with Gasteiger partial charge < -0.3 is 29.2 Å². The molecule has 0 bridgehead atoms. The standard InChI is InChI=1S/C10H18O8/c1-15-5(7(17-3)9(11)12)6(16-2)8(18-4)10(13)14/h5-8H,1-4H3,(H,11,12)(H,13,14)/t5-,6-,7-,8+/m0/s1. The lowest BCUT2D eigenvalue weighted by atomic mass is 10.0. The molecule has 0 aromatic carbocycles. The van der Waals surface area contributed by atoms with Crippen LogP contribution in [0.2, 0.25) is 0 Å². The number of rotatable bonds is 9. The van der Waals surface area contributed by atoms with Crippen LogP contribution in [-0.2, 0) is 28.5 Å². The van der Waals surface area contributed by atoms with Crippen molar-refractivity contribution in [3.8, 4) is 0 Å². The first-order valence-corrected chi connectivity index (χ1v) is 5.01. The fourth-order valence-electron chi connectivity index (χ4n) is 1.61. The molecule has 18 heavy (non-hydrogen) atoms. The Balaban J connectivity index is 5.18. The summed E-state index contributed by atoms with van der Waals surface area (Å²) >= 11 is 0. The van der Waals surface area contributed by atoms with Crippen molar-refractivity contribution in [1.29, 1.82) is 0 Å². The molecule has 0 rings (SSSR count). The van der Waals surface area contributed by atoms with Gasteiger partial charge in [0.25, 0.3) is 0 Å². The molecule has 0 spiro atoms. The van der Waals surface area contributed by atoms with Crippen LogP contribution in [0, 0.1) is 0 Å². The molecule has 0 radical (unpaired) electrons. The number of ether oxygens (including phenoxy) is 4. The largest absolute Gasteiger partial charge is 0.479 e. The van der Waals surface area contributed by atoms with E-state index in [0.29, 0.717) is 0 Å². The molecule has 0 heterocycles.